The van der Waals surface area contributed by atoms with Gasteiger partial charge in [-0.25, -0.2) is 4.98 Å². The third-order valence-corrected chi connectivity index (χ3v) is 3.63. The maximum Gasteiger partial charge on any atom is 0.129 e. The molecule has 114 valence electrons. The van der Waals surface area contributed by atoms with Crippen LogP contribution in [0.5, 0.6) is 0 Å². The molecule has 2 rings (SSSR count). The number of hydrogen-bond donors (Lipinski definition) is 1. The molecule has 0 bridgehead atoms. The Labute approximate surface area is 127 Å². The van der Waals surface area contributed by atoms with Crippen molar-refractivity contribution in [2.45, 2.75) is 13.5 Å². The number of aromatic nitrogens is 1. The second-order valence-electron chi connectivity index (χ2n) is 5.66. The highest BCUT2D eigenvalue weighted by molar-refractivity contribution is 5.84. The minimum Gasteiger partial charge on any atom is -0.358 e. The van der Waals surface area contributed by atoms with Gasteiger partial charge in [-0.05, 0) is 38.3 Å². The summed E-state index contributed by atoms with van der Waals surface area (Å²) in [6.45, 7) is 5.98. The fourth-order valence-corrected chi connectivity index (χ4v) is 2.30. The normalized spacial score (nSPS) is 11.3. The zero-order valence-corrected chi connectivity index (χ0v) is 13.6. The van der Waals surface area contributed by atoms with Crippen LogP contribution in [0.2, 0.25) is 0 Å². The molecule has 2 aromatic rings. The number of anilines is 1. The molecule has 0 fully saturated rings. The lowest BCUT2D eigenvalue weighted by atomic mass is 10.1. The average molecular weight is 286 g/mol. The number of nitrogens with zero attached hydrogens (tertiary/aromatic N) is 3. The molecule has 0 aliphatic carbocycles. The lowest BCUT2D eigenvalue weighted by Gasteiger charge is -2.22. The Morgan fingerprint density at radius 3 is 2.57 bits per heavy atom. The van der Waals surface area contributed by atoms with E-state index in [4.69, 9.17) is 4.98 Å². The Morgan fingerprint density at radius 1 is 1.10 bits per heavy atom. The van der Waals surface area contributed by atoms with Gasteiger partial charge in [0.15, 0.2) is 0 Å². The minimum atomic E-state index is 0.883. The summed E-state index contributed by atoms with van der Waals surface area (Å²) in [5, 5.41) is 4.66. The van der Waals surface area contributed by atoms with Gasteiger partial charge in [-0.3, -0.25) is 0 Å². The van der Waals surface area contributed by atoms with Gasteiger partial charge in [0.2, 0.25) is 0 Å². The quantitative estimate of drug-likeness (QED) is 0.846. The smallest absolute Gasteiger partial charge is 0.129 e. The monoisotopic (exact) mass is 286 g/mol. The highest BCUT2D eigenvalue weighted by atomic mass is 15.2. The Morgan fingerprint density at radius 2 is 1.86 bits per heavy atom. The Hall–Kier alpha value is -1.65. The molecule has 1 aromatic heterocycles. The number of fused-ring (bicyclic) bond motifs is 1. The van der Waals surface area contributed by atoms with Crippen molar-refractivity contribution < 1.29 is 0 Å². The standard InChI is InChI=1S/C17H26N4/c1-5-18-13-14-12-17(21(4)11-10-20(2)3)19-16-9-7-6-8-15(14)16/h6-9,12,18H,5,10-11,13H2,1-4H3. The molecule has 0 radical (unpaired) electrons. The topological polar surface area (TPSA) is 31.4 Å². The first-order valence-corrected chi connectivity index (χ1v) is 7.57. The van der Waals surface area contributed by atoms with Gasteiger partial charge in [-0.2, -0.15) is 0 Å². The van der Waals surface area contributed by atoms with Gasteiger partial charge < -0.3 is 15.1 Å². The van der Waals surface area contributed by atoms with Crippen LogP contribution < -0.4 is 10.2 Å². The third-order valence-electron chi connectivity index (χ3n) is 3.63. The van der Waals surface area contributed by atoms with Crippen molar-refractivity contribution in [3.8, 4) is 0 Å². The van der Waals surface area contributed by atoms with E-state index in [0.717, 1.165) is 37.5 Å². The summed E-state index contributed by atoms with van der Waals surface area (Å²) in [5.74, 6) is 1.04. The maximum absolute atomic E-state index is 4.80. The predicted octanol–water partition coefficient (Wildman–Crippen LogP) is 2.34. The number of likely N-dealkylation sites (N-methyl/N-ethyl adjacent to an activating group) is 2. The fourth-order valence-electron chi connectivity index (χ4n) is 2.30. The van der Waals surface area contributed by atoms with E-state index < -0.39 is 0 Å². The number of para-hydroxylation sites is 1. The molecule has 0 aliphatic heterocycles. The van der Waals surface area contributed by atoms with E-state index in [1.54, 1.807) is 0 Å². The lowest BCUT2D eigenvalue weighted by Crippen LogP contribution is -2.29. The van der Waals surface area contributed by atoms with Gasteiger partial charge in [0.1, 0.15) is 5.82 Å². The molecule has 4 heteroatoms. The van der Waals surface area contributed by atoms with Gasteiger partial charge in [-0.15, -0.1) is 0 Å². The summed E-state index contributed by atoms with van der Waals surface area (Å²) < 4.78 is 0. The highest BCUT2D eigenvalue weighted by Crippen LogP contribution is 2.22. The van der Waals surface area contributed by atoms with Crippen molar-refractivity contribution in [2.24, 2.45) is 0 Å². The van der Waals surface area contributed by atoms with Crippen LogP contribution in [-0.2, 0) is 6.54 Å². The van der Waals surface area contributed by atoms with Crippen molar-refractivity contribution in [3.63, 3.8) is 0 Å². The molecule has 21 heavy (non-hydrogen) atoms. The summed E-state index contributed by atoms with van der Waals surface area (Å²) in [6, 6.07) is 10.6. The Balaban J connectivity index is 2.31. The number of hydrogen-bond acceptors (Lipinski definition) is 4. The SMILES string of the molecule is CCNCc1cc(N(C)CCN(C)C)nc2ccccc12. The van der Waals surface area contributed by atoms with Crippen LogP contribution in [0.25, 0.3) is 10.9 Å². The largest absolute Gasteiger partial charge is 0.358 e. The maximum atomic E-state index is 4.80. The van der Waals surface area contributed by atoms with Crippen LogP contribution in [0.3, 0.4) is 0 Å². The van der Waals surface area contributed by atoms with Crippen LogP contribution in [0.4, 0.5) is 5.82 Å². The average Bonchev–Trinajstić information content (AvgIpc) is 2.49. The second kappa shape index (κ2) is 7.38. The first kappa shape index (κ1) is 15.7. The van der Waals surface area contributed by atoms with Gasteiger partial charge in [-0.1, -0.05) is 25.1 Å². The first-order chi connectivity index (χ1) is 10.1. The molecular formula is C17H26N4. The highest BCUT2D eigenvalue weighted by Gasteiger charge is 2.09. The van der Waals surface area contributed by atoms with E-state index >= 15 is 0 Å². The molecular weight excluding hydrogens is 260 g/mol. The molecule has 0 saturated heterocycles. The molecule has 0 spiro atoms. The lowest BCUT2D eigenvalue weighted by molar-refractivity contribution is 0.416. The Bertz CT molecular complexity index is 580. The molecule has 4 nitrogen and oxygen atoms in total. The molecule has 0 atom stereocenters. The van der Waals surface area contributed by atoms with Crippen LogP contribution in [0, 0.1) is 0 Å². The van der Waals surface area contributed by atoms with Crippen molar-refractivity contribution in [1.82, 2.24) is 15.2 Å². The molecule has 1 heterocycles. The van der Waals surface area contributed by atoms with Gasteiger partial charge in [0.05, 0.1) is 5.52 Å². The van der Waals surface area contributed by atoms with E-state index in [9.17, 15) is 0 Å². The van der Waals surface area contributed by atoms with E-state index in [2.05, 4.69) is 73.5 Å². The zero-order chi connectivity index (χ0) is 15.2. The third kappa shape index (κ3) is 4.16. The number of rotatable bonds is 7. The van der Waals surface area contributed by atoms with Crippen LogP contribution in [0.15, 0.2) is 30.3 Å². The van der Waals surface area contributed by atoms with Crippen LogP contribution in [0.1, 0.15) is 12.5 Å². The zero-order valence-electron chi connectivity index (χ0n) is 13.6. The van der Waals surface area contributed by atoms with E-state index in [-0.39, 0.29) is 0 Å². The fraction of sp³-hybridized carbons (Fsp3) is 0.471. The minimum absolute atomic E-state index is 0.883. The van der Waals surface area contributed by atoms with E-state index in [1.807, 2.05) is 0 Å². The number of pyridine rings is 1. The second-order valence-corrected chi connectivity index (χ2v) is 5.66. The summed E-state index contributed by atoms with van der Waals surface area (Å²) in [6.07, 6.45) is 0. The van der Waals surface area contributed by atoms with Crippen molar-refractivity contribution in [2.75, 3.05) is 45.7 Å². The van der Waals surface area contributed by atoms with E-state index in [0.29, 0.717) is 0 Å². The van der Waals surface area contributed by atoms with Crippen LogP contribution >= 0.6 is 0 Å². The molecule has 0 aliphatic rings. The predicted molar refractivity (Wildman–Crippen MR) is 90.9 cm³/mol. The van der Waals surface area contributed by atoms with Gasteiger partial charge in [0.25, 0.3) is 0 Å². The van der Waals surface area contributed by atoms with Crippen molar-refractivity contribution >= 4 is 16.7 Å². The molecule has 0 amide bonds. The summed E-state index contributed by atoms with van der Waals surface area (Å²) in [5.41, 5.74) is 2.38. The van der Waals surface area contributed by atoms with Crippen molar-refractivity contribution in [3.05, 3.63) is 35.9 Å². The summed E-state index contributed by atoms with van der Waals surface area (Å²) in [7, 11) is 6.30. The molecule has 1 aromatic carbocycles. The van der Waals surface area contributed by atoms with Crippen molar-refractivity contribution in [1.29, 1.82) is 0 Å². The Kier molecular flexibility index (Phi) is 5.53. The molecule has 0 saturated carbocycles. The van der Waals surface area contributed by atoms with Gasteiger partial charge in [0, 0.05) is 32.1 Å². The number of benzene rings is 1. The molecule has 0 unspecified atom stereocenters. The molecule has 1 N–H and O–H groups in total. The summed E-state index contributed by atoms with van der Waals surface area (Å²) in [4.78, 5) is 9.22. The summed E-state index contributed by atoms with van der Waals surface area (Å²) >= 11 is 0. The first-order valence-electron chi connectivity index (χ1n) is 7.57. The van der Waals surface area contributed by atoms with Crippen LogP contribution in [-0.4, -0.2) is 50.7 Å². The number of nitrogens with one attached hydrogen (secondary N) is 1. The van der Waals surface area contributed by atoms with Gasteiger partial charge >= 0.3 is 0 Å². The van der Waals surface area contributed by atoms with E-state index in [1.165, 1.54) is 10.9 Å².